The Kier molecular flexibility index (Phi) is 9.08. The number of H-pyrrole nitrogens is 1. The third-order valence-corrected chi connectivity index (χ3v) is 5.07. The third-order valence-electron chi connectivity index (χ3n) is 5.07. The summed E-state index contributed by atoms with van der Waals surface area (Å²) in [7, 11) is 0. The molecule has 1 amide bonds. The zero-order valence-corrected chi connectivity index (χ0v) is 19.2. The van der Waals surface area contributed by atoms with Gasteiger partial charge in [-0.15, -0.1) is 24.0 Å². The van der Waals surface area contributed by atoms with Crippen molar-refractivity contribution in [2.45, 2.75) is 39.5 Å². The minimum Gasteiger partial charge on any atom is -0.361 e. The number of para-hydroxylation sites is 1. The van der Waals surface area contributed by atoms with E-state index in [0.29, 0.717) is 6.42 Å². The van der Waals surface area contributed by atoms with Crippen molar-refractivity contribution in [2.24, 2.45) is 4.99 Å². The predicted molar refractivity (Wildman–Crippen MR) is 127 cm³/mol. The number of aromatic nitrogens is 1. The third kappa shape index (κ3) is 5.86. The highest BCUT2D eigenvalue weighted by molar-refractivity contribution is 14.0. The summed E-state index contributed by atoms with van der Waals surface area (Å²) in [6.07, 6.45) is 5.66. The van der Waals surface area contributed by atoms with Crippen LogP contribution in [0, 0.1) is 6.92 Å². The SMILES string of the molecule is CCNC(=NCCCN1CCCC1=O)NCCc1c[nH]c2c(C)cccc12.I. The molecule has 1 aromatic heterocycles. The largest absolute Gasteiger partial charge is 0.361 e. The van der Waals surface area contributed by atoms with E-state index in [9.17, 15) is 4.79 Å². The van der Waals surface area contributed by atoms with Gasteiger partial charge in [-0.05, 0) is 44.2 Å². The number of benzene rings is 1. The number of aryl methyl sites for hydroxylation is 1. The topological polar surface area (TPSA) is 72.5 Å². The average molecular weight is 497 g/mol. The van der Waals surface area contributed by atoms with Gasteiger partial charge in [0.25, 0.3) is 0 Å². The van der Waals surface area contributed by atoms with Gasteiger partial charge in [0.1, 0.15) is 0 Å². The number of nitrogens with one attached hydrogen (secondary N) is 3. The first-order chi connectivity index (χ1) is 13.2. The second-order valence-electron chi connectivity index (χ2n) is 7.09. The zero-order chi connectivity index (χ0) is 19.1. The highest BCUT2D eigenvalue weighted by Gasteiger charge is 2.18. The summed E-state index contributed by atoms with van der Waals surface area (Å²) in [4.78, 5) is 21.6. The number of hydrogen-bond donors (Lipinski definition) is 3. The van der Waals surface area contributed by atoms with Gasteiger partial charge in [0, 0.05) is 56.2 Å². The van der Waals surface area contributed by atoms with Crippen LogP contribution in [0.5, 0.6) is 0 Å². The minimum absolute atomic E-state index is 0. The molecular weight excluding hydrogens is 465 g/mol. The number of carbonyl (C=O) groups excluding carboxylic acids is 1. The standard InChI is InChI=1S/C21H31N5O.HI/c1-3-22-21(23-11-6-14-26-13-5-9-19(26)27)24-12-10-17-15-25-20-16(2)7-4-8-18(17)20;/h4,7-8,15,25H,3,5-6,9-14H2,1-2H3,(H2,22,23,24);1H. The Morgan fingerprint density at radius 3 is 2.93 bits per heavy atom. The van der Waals surface area contributed by atoms with Crippen LogP contribution >= 0.6 is 24.0 Å². The second kappa shape index (κ2) is 11.3. The van der Waals surface area contributed by atoms with E-state index in [2.05, 4.69) is 58.9 Å². The predicted octanol–water partition coefficient (Wildman–Crippen LogP) is 3.20. The van der Waals surface area contributed by atoms with E-state index in [1.807, 2.05) is 4.90 Å². The van der Waals surface area contributed by atoms with E-state index in [4.69, 9.17) is 0 Å². The molecule has 0 radical (unpaired) electrons. The lowest BCUT2D eigenvalue weighted by atomic mass is 10.1. The molecule has 0 unspecified atom stereocenters. The van der Waals surface area contributed by atoms with Crippen LogP contribution in [-0.2, 0) is 11.2 Å². The van der Waals surface area contributed by atoms with E-state index in [1.165, 1.54) is 22.0 Å². The van der Waals surface area contributed by atoms with Crippen molar-refractivity contribution in [3.05, 3.63) is 35.5 Å². The van der Waals surface area contributed by atoms with Gasteiger partial charge in [0.2, 0.25) is 5.91 Å². The highest BCUT2D eigenvalue weighted by Crippen LogP contribution is 2.21. The molecule has 2 aromatic rings. The fourth-order valence-corrected chi connectivity index (χ4v) is 3.62. The molecule has 154 valence electrons. The van der Waals surface area contributed by atoms with Crippen molar-refractivity contribution in [1.82, 2.24) is 20.5 Å². The lowest BCUT2D eigenvalue weighted by molar-refractivity contribution is -0.127. The number of hydrogen-bond acceptors (Lipinski definition) is 2. The number of aromatic amines is 1. The number of rotatable bonds is 8. The van der Waals surface area contributed by atoms with Crippen LogP contribution in [-0.4, -0.2) is 54.5 Å². The zero-order valence-electron chi connectivity index (χ0n) is 16.9. The number of nitrogens with zero attached hydrogens (tertiary/aromatic N) is 2. The van der Waals surface area contributed by atoms with Crippen molar-refractivity contribution in [2.75, 3.05) is 32.7 Å². The molecule has 1 aliphatic rings. The first-order valence-corrected chi connectivity index (χ1v) is 10.0. The maximum atomic E-state index is 11.6. The Morgan fingerprint density at radius 2 is 2.18 bits per heavy atom. The molecule has 0 saturated carbocycles. The first kappa shape index (κ1) is 22.5. The second-order valence-corrected chi connectivity index (χ2v) is 7.09. The number of fused-ring (bicyclic) bond motifs is 1. The van der Waals surface area contributed by atoms with Gasteiger partial charge in [-0.1, -0.05) is 18.2 Å². The number of halogens is 1. The van der Waals surface area contributed by atoms with E-state index >= 15 is 0 Å². The van der Waals surface area contributed by atoms with Crippen LogP contribution in [0.15, 0.2) is 29.4 Å². The molecule has 0 bridgehead atoms. The van der Waals surface area contributed by atoms with Crippen molar-refractivity contribution < 1.29 is 4.79 Å². The fourth-order valence-electron chi connectivity index (χ4n) is 3.62. The Bertz CT molecular complexity index is 801. The van der Waals surface area contributed by atoms with Crippen LogP contribution in [0.2, 0.25) is 0 Å². The van der Waals surface area contributed by atoms with Gasteiger partial charge in [0.15, 0.2) is 5.96 Å². The van der Waals surface area contributed by atoms with Crippen LogP contribution < -0.4 is 10.6 Å². The Morgan fingerprint density at radius 1 is 1.32 bits per heavy atom. The number of carbonyl (C=O) groups is 1. The molecule has 6 nitrogen and oxygen atoms in total. The molecule has 3 N–H and O–H groups in total. The fraction of sp³-hybridized carbons (Fsp3) is 0.524. The molecule has 1 aliphatic heterocycles. The molecule has 0 aliphatic carbocycles. The minimum atomic E-state index is 0. The van der Waals surface area contributed by atoms with E-state index in [-0.39, 0.29) is 29.9 Å². The van der Waals surface area contributed by atoms with E-state index < -0.39 is 0 Å². The van der Waals surface area contributed by atoms with Gasteiger partial charge < -0.3 is 20.5 Å². The normalized spacial score (nSPS) is 14.4. The van der Waals surface area contributed by atoms with Crippen LogP contribution in [0.25, 0.3) is 10.9 Å². The summed E-state index contributed by atoms with van der Waals surface area (Å²) in [6.45, 7) is 8.32. The first-order valence-electron chi connectivity index (χ1n) is 10.0. The van der Waals surface area contributed by atoms with E-state index in [1.54, 1.807) is 0 Å². The van der Waals surface area contributed by atoms with Gasteiger partial charge in [-0.2, -0.15) is 0 Å². The summed E-state index contributed by atoms with van der Waals surface area (Å²) >= 11 is 0. The van der Waals surface area contributed by atoms with Crippen molar-refractivity contribution >= 4 is 46.7 Å². The smallest absolute Gasteiger partial charge is 0.222 e. The van der Waals surface area contributed by atoms with Gasteiger partial charge in [-0.3, -0.25) is 9.79 Å². The molecule has 3 rings (SSSR count). The molecule has 1 fully saturated rings. The van der Waals surface area contributed by atoms with Crippen LogP contribution in [0.1, 0.15) is 37.3 Å². The number of amides is 1. The average Bonchev–Trinajstić information content (AvgIpc) is 3.26. The lowest BCUT2D eigenvalue weighted by Crippen LogP contribution is -2.38. The number of aliphatic imine (C=N–C) groups is 1. The molecule has 1 aromatic carbocycles. The van der Waals surface area contributed by atoms with Crippen molar-refractivity contribution in [3.8, 4) is 0 Å². The van der Waals surface area contributed by atoms with E-state index in [0.717, 1.165) is 57.9 Å². The highest BCUT2D eigenvalue weighted by atomic mass is 127. The summed E-state index contributed by atoms with van der Waals surface area (Å²) in [5.74, 6) is 1.14. The van der Waals surface area contributed by atoms with Crippen LogP contribution in [0.3, 0.4) is 0 Å². The molecular formula is C21H32IN5O. The molecule has 0 atom stereocenters. The Hall–Kier alpha value is -1.77. The maximum absolute atomic E-state index is 11.6. The summed E-state index contributed by atoms with van der Waals surface area (Å²) in [5.41, 5.74) is 3.83. The Labute approximate surface area is 184 Å². The quantitative estimate of drug-likeness (QED) is 0.227. The number of likely N-dealkylation sites (tertiary alicyclic amines) is 1. The molecule has 1 saturated heterocycles. The molecule has 28 heavy (non-hydrogen) atoms. The maximum Gasteiger partial charge on any atom is 0.222 e. The molecule has 7 heteroatoms. The summed E-state index contributed by atoms with van der Waals surface area (Å²) < 4.78 is 0. The van der Waals surface area contributed by atoms with Crippen LogP contribution in [0.4, 0.5) is 0 Å². The summed E-state index contributed by atoms with van der Waals surface area (Å²) in [5, 5.41) is 8.02. The number of guanidine groups is 1. The van der Waals surface area contributed by atoms with Crippen molar-refractivity contribution in [3.63, 3.8) is 0 Å². The molecule has 2 heterocycles. The summed E-state index contributed by atoms with van der Waals surface area (Å²) in [6, 6.07) is 6.42. The monoisotopic (exact) mass is 497 g/mol. The molecule has 0 spiro atoms. The Balaban J connectivity index is 0.00000280. The van der Waals surface area contributed by atoms with Gasteiger partial charge >= 0.3 is 0 Å². The van der Waals surface area contributed by atoms with Crippen molar-refractivity contribution in [1.29, 1.82) is 0 Å². The van der Waals surface area contributed by atoms with Gasteiger partial charge in [0.05, 0.1) is 0 Å². The lowest BCUT2D eigenvalue weighted by Gasteiger charge is -2.15. The van der Waals surface area contributed by atoms with Gasteiger partial charge in [-0.25, -0.2) is 0 Å².